The van der Waals surface area contributed by atoms with Gasteiger partial charge in [0.1, 0.15) is 12.1 Å². The van der Waals surface area contributed by atoms with Crippen LogP contribution in [0.3, 0.4) is 0 Å². The Balaban J connectivity index is 2.02. The SMILES string of the molecule is CCCCC(NC(=O)C1CCCN1C(=O)c1cccs1)C(=O)O. The molecule has 126 valence electrons. The summed E-state index contributed by atoms with van der Waals surface area (Å²) in [6, 6.07) is 2.07. The summed E-state index contributed by atoms with van der Waals surface area (Å²) in [7, 11) is 0. The summed E-state index contributed by atoms with van der Waals surface area (Å²) >= 11 is 1.34. The van der Waals surface area contributed by atoms with E-state index in [9.17, 15) is 19.5 Å². The number of likely N-dealkylation sites (tertiary alicyclic amines) is 1. The first-order chi connectivity index (χ1) is 11.0. The molecule has 0 spiro atoms. The lowest BCUT2D eigenvalue weighted by Crippen LogP contribution is -2.50. The second-order valence-electron chi connectivity index (χ2n) is 5.68. The molecule has 1 aliphatic heterocycles. The third kappa shape index (κ3) is 4.31. The van der Waals surface area contributed by atoms with Gasteiger partial charge in [-0.1, -0.05) is 25.8 Å². The van der Waals surface area contributed by atoms with Crippen LogP contribution in [0.15, 0.2) is 17.5 Å². The topological polar surface area (TPSA) is 86.7 Å². The summed E-state index contributed by atoms with van der Waals surface area (Å²) in [6.45, 7) is 2.50. The van der Waals surface area contributed by atoms with Crippen LogP contribution in [0.5, 0.6) is 0 Å². The number of rotatable bonds is 7. The molecule has 0 bridgehead atoms. The Morgan fingerprint density at radius 2 is 2.26 bits per heavy atom. The molecule has 1 fully saturated rings. The van der Waals surface area contributed by atoms with Crippen LogP contribution < -0.4 is 5.32 Å². The Hall–Kier alpha value is -1.89. The van der Waals surface area contributed by atoms with E-state index in [4.69, 9.17) is 0 Å². The zero-order chi connectivity index (χ0) is 16.8. The number of carbonyl (C=O) groups excluding carboxylic acids is 2. The maximum atomic E-state index is 12.5. The van der Waals surface area contributed by atoms with Crippen LogP contribution in [-0.2, 0) is 9.59 Å². The van der Waals surface area contributed by atoms with Crippen LogP contribution in [-0.4, -0.2) is 46.4 Å². The molecule has 2 unspecified atom stereocenters. The third-order valence-corrected chi connectivity index (χ3v) is 4.87. The van der Waals surface area contributed by atoms with E-state index in [0.29, 0.717) is 24.3 Å². The minimum atomic E-state index is -1.03. The van der Waals surface area contributed by atoms with Crippen LogP contribution in [0.1, 0.15) is 48.7 Å². The standard InChI is InChI=1S/C16H22N2O4S/c1-2-3-6-11(16(21)22)17-14(19)12-7-4-9-18(12)15(20)13-8-5-10-23-13/h5,8,10-12H,2-4,6-7,9H2,1H3,(H,17,19)(H,21,22). The van der Waals surface area contributed by atoms with Gasteiger partial charge in [0.25, 0.3) is 5.91 Å². The van der Waals surface area contributed by atoms with Crippen molar-refractivity contribution in [3.63, 3.8) is 0 Å². The van der Waals surface area contributed by atoms with Crippen LogP contribution in [0.2, 0.25) is 0 Å². The second kappa shape index (κ2) is 8.10. The van der Waals surface area contributed by atoms with Crippen LogP contribution in [0, 0.1) is 0 Å². The minimum Gasteiger partial charge on any atom is -0.480 e. The lowest BCUT2D eigenvalue weighted by atomic mass is 10.1. The highest BCUT2D eigenvalue weighted by molar-refractivity contribution is 7.12. The van der Waals surface area contributed by atoms with Gasteiger partial charge < -0.3 is 15.3 Å². The van der Waals surface area contributed by atoms with E-state index >= 15 is 0 Å². The molecule has 1 aromatic heterocycles. The number of carboxylic acids is 1. The van der Waals surface area contributed by atoms with Crippen molar-refractivity contribution in [1.82, 2.24) is 10.2 Å². The normalized spacial score (nSPS) is 18.7. The smallest absolute Gasteiger partial charge is 0.326 e. The van der Waals surface area contributed by atoms with Crippen LogP contribution in [0.4, 0.5) is 0 Å². The van der Waals surface area contributed by atoms with Crippen molar-refractivity contribution in [3.05, 3.63) is 22.4 Å². The van der Waals surface area contributed by atoms with E-state index in [1.807, 2.05) is 12.3 Å². The van der Waals surface area contributed by atoms with Crippen molar-refractivity contribution in [1.29, 1.82) is 0 Å². The first kappa shape index (κ1) is 17.5. The number of amides is 2. The highest BCUT2D eigenvalue weighted by atomic mass is 32.1. The Bertz CT molecular complexity index is 558. The van der Waals surface area contributed by atoms with Crippen molar-refractivity contribution in [2.75, 3.05) is 6.54 Å². The Kier molecular flexibility index (Phi) is 6.15. The molecule has 0 saturated carbocycles. The van der Waals surface area contributed by atoms with Gasteiger partial charge in [0.15, 0.2) is 0 Å². The molecule has 1 saturated heterocycles. The molecule has 1 aromatic rings. The summed E-state index contributed by atoms with van der Waals surface area (Å²) in [5.74, 6) is -1.55. The average Bonchev–Trinajstić information content (AvgIpc) is 3.21. The number of carboxylic acid groups (broad SMARTS) is 1. The fourth-order valence-corrected chi connectivity index (χ4v) is 3.44. The molecule has 6 nitrogen and oxygen atoms in total. The molecule has 0 aliphatic carbocycles. The van der Waals surface area contributed by atoms with E-state index in [2.05, 4.69) is 5.32 Å². The maximum Gasteiger partial charge on any atom is 0.326 e. The minimum absolute atomic E-state index is 0.155. The van der Waals surface area contributed by atoms with E-state index in [1.54, 1.807) is 17.0 Å². The number of carbonyl (C=O) groups is 3. The van der Waals surface area contributed by atoms with Gasteiger partial charge in [0.2, 0.25) is 5.91 Å². The van der Waals surface area contributed by atoms with Crippen molar-refractivity contribution < 1.29 is 19.5 Å². The average molecular weight is 338 g/mol. The molecule has 2 amide bonds. The summed E-state index contributed by atoms with van der Waals surface area (Å²) in [6.07, 6.45) is 3.33. The zero-order valence-corrected chi connectivity index (χ0v) is 14.0. The predicted octanol–water partition coefficient (Wildman–Crippen LogP) is 2.11. The quantitative estimate of drug-likeness (QED) is 0.797. The molecular formula is C16H22N2O4S. The molecule has 2 atom stereocenters. The first-order valence-corrected chi connectivity index (χ1v) is 8.80. The maximum absolute atomic E-state index is 12.5. The molecule has 1 aliphatic rings. The van der Waals surface area contributed by atoms with Crippen molar-refractivity contribution >= 4 is 29.1 Å². The highest BCUT2D eigenvalue weighted by Gasteiger charge is 2.36. The summed E-state index contributed by atoms with van der Waals surface area (Å²) < 4.78 is 0. The lowest BCUT2D eigenvalue weighted by Gasteiger charge is -2.25. The third-order valence-electron chi connectivity index (χ3n) is 4.01. The molecule has 7 heteroatoms. The number of hydrogen-bond donors (Lipinski definition) is 2. The summed E-state index contributed by atoms with van der Waals surface area (Å²) in [5, 5.41) is 13.6. The van der Waals surface area contributed by atoms with Gasteiger partial charge in [0.05, 0.1) is 4.88 Å². The Labute approximate surface area is 139 Å². The highest BCUT2D eigenvalue weighted by Crippen LogP contribution is 2.22. The van der Waals surface area contributed by atoms with Crippen LogP contribution >= 0.6 is 11.3 Å². The Morgan fingerprint density at radius 3 is 2.87 bits per heavy atom. The van der Waals surface area contributed by atoms with Crippen molar-refractivity contribution in [2.45, 2.75) is 51.1 Å². The number of nitrogens with zero attached hydrogens (tertiary/aromatic N) is 1. The van der Waals surface area contributed by atoms with E-state index < -0.39 is 18.1 Å². The van der Waals surface area contributed by atoms with Gasteiger partial charge in [-0.2, -0.15) is 0 Å². The number of nitrogens with one attached hydrogen (secondary N) is 1. The Morgan fingerprint density at radius 1 is 1.48 bits per heavy atom. The fraction of sp³-hybridized carbons (Fsp3) is 0.562. The van der Waals surface area contributed by atoms with E-state index in [0.717, 1.165) is 19.3 Å². The molecule has 2 N–H and O–H groups in total. The summed E-state index contributed by atoms with van der Waals surface area (Å²) in [4.78, 5) is 38.3. The monoisotopic (exact) mass is 338 g/mol. The summed E-state index contributed by atoms with van der Waals surface area (Å²) in [5.41, 5.74) is 0. The fourth-order valence-electron chi connectivity index (χ4n) is 2.76. The zero-order valence-electron chi connectivity index (χ0n) is 13.2. The predicted molar refractivity (Wildman–Crippen MR) is 87.5 cm³/mol. The molecule has 0 radical (unpaired) electrons. The molecule has 2 heterocycles. The van der Waals surface area contributed by atoms with Gasteiger partial charge in [-0.05, 0) is 30.7 Å². The second-order valence-corrected chi connectivity index (χ2v) is 6.62. The van der Waals surface area contributed by atoms with Gasteiger partial charge >= 0.3 is 5.97 Å². The van der Waals surface area contributed by atoms with Crippen LogP contribution in [0.25, 0.3) is 0 Å². The number of hydrogen-bond acceptors (Lipinski definition) is 4. The van der Waals surface area contributed by atoms with E-state index in [1.165, 1.54) is 11.3 Å². The van der Waals surface area contributed by atoms with Gasteiger partial charge in [-0.25, -0.2) is 4.79 Å². The largest absolute Gasteiger partial charge is 0.480 e. The van der Waals surface area contributed by atoms with Gasteiger partial charge in [0, 0.05) is 6.54 Å². The number of unbranched alkanes of at least 4 members (excludes halogenated alkanes) is 1. The van der Waals surface area contributed by atoms with Crippen molar-refractivity contribution in [3.8, 4) is 0 Å². The number of aliphatic carboxylic acids is 1. The molecular weight excluding hydrogens is 316 g/mol. The lowest BCUT2D eigenvalue weighted by molar-refractivity contribution is -0.142. The van der Waals surface area contributed by atoms with Gasteiger partial charge in [-0.15, -0.1) is 11.3 Å². The molecule has 0 aromatic carbocycles. The molecule has 23 heavy (non-hydrogen) atoms. The van der Waals surface area contributed by atoms with E-state index in [-0.39, 0.29) is 11.8 Å². The van der Waals surface area contributed by atoms with Crippen molar-refractivity contribution in [2.24, 2.45) is 0 Å². The number of thiophene rings is 1. The molecule has 2 rings (SSSR count). The first-order valence-electron chi connectivity index (χ1n) is 7.92. The van der Waals surface area contributed by atoms with Gasteiger partial charge in [-0.3, -0.25) is 9.59 Å².